The second-order valence-electron chi connectivity index (χ2n) is 4.25. The van der Waals surface area contributed by atoms with Crippen LogP contribution in [0.1, 0.15) is 27.2 Å². The summed E-state index contributed by atoms with van der Waals surface area (Å²) in [5.74, 6) is 0. The summed E-state index contributed by atoms with van der Waals surface area (Å²) in [6.45, 7) is 10.3. The third-order valence-corrected chi connectivity index (χ3v) is 2.61. The van der Waals surface area contributed by atoms with Crippen molar-refractivity contribution in [2.24, 2.45) is 5.41 Å². The average molecular weight is 156 g/mol. The second-order valence-corrected chi connectivity index (χ2v) is 4.25. The van der Waals surface area contributed by atoms with Gasteiger partial charge in [0.2, 0.25) is 0 Å². The van der Waals surface area contributed by atoms with Crippen LogP contribution in [0.5, 0.6) is 0 Å². The SMILES string of the molecule is CCC(C)(C)CNC1CNC1. The lowest BCUT2D eigenvalue weighted by atomic mass is 9.90. The molecule has 66 valence electrons. The molecule has 0 bridgehead atoms. The molecule has 0 atom stereocenters. The molecule has 2 N–H and O–H groups in total. The molecule has 0 aromatic carbocycles. The summed E-state index contributed by atoms with van der Waals surface area (Å²) >= 11 is 0. The van der Waals surface area contributed by atoms with Crippen LogP contribution < -0.4 is 10.6 Å². The first-order valence-corrected chi connectivity index (χ1v) is 4.58. The molecular formula is C9H20N2. The largest absolute Gasteiger partial charge is 0.314 e. The molecule has 1 aliphatic rings. The summed E-state index contributed by atoms with van der Waals surface area (Å²) in [7, 11) is 0. The van der Waals surface area contributed by atoms with Gasteiger partial charge in [-0.25, -0.2) is 0 Å². The van der Waals surface area contributed by atoms with Crippen molar-refractivity contribution >= 4 is 0 Å². The molecule has 2 nitrogen and oxygen atoms in total. The molecule has 1 rings (SSSR count). The van der Waals surface area contributed by atoms with E-state index >= 15 is 0 Å². The highest BCUT2D eigenvalue weighted by Crippen LogP contribution is 2.17. The molecule has 1 aliphatic heterocycles. The van der Waals surface area contributed by atoms with Gasteiger partial charge in [0, 0.05) is 25.7 Å². The van der Waals surface area contributed by atoms with E-state index in [4.69, 9.17) is 0 Å². The van der Waals surface area contributed by atoms with Gasteiger partial charge >= 0.3 is 0 Å². The molecule has 0 aromatic rings. The maximum Gasteiger partial charge on any atom is 0.0317 e. The molecule has 1 fully saturated rings. The lowest BCUT2D eigenvalue weighted by molar-refractivity contribution is 0.275. The van der Waals surface area contributed by atoms with Gasteiger partial charge in [0.1, 0.15) is 0 Å². The topological polar surface area (TPSA) is 24.1 Å². The molecule has 0 radical (unpaired) electrons. The molecule has 2 heteroatoms. The van der Waals surface area contributed by atoms with Gasteiger partial charge in [-0.2, -0.15) is 0 Å². The number of hydrogen-bond acceptors (Lipinski definition) is 2. The third kappa shape index (κ3) is 2.80. The minimum Gasteiger partial charge on any atom is -0.314 e. The van der Waals surface area contributed by atoms with Crippen molar-refractivity contribution in [2.75, 3.05) is 19.6 Å². The fourth-order valence-electron chi connectivity index (χ4n) is 0.979. The summed E-state index contributed by atoms with van der Waals surface area (Å²) < 4.78 is 0. The molecule has 0 aromatic heterocycles. The van der Waals surface area contributed by atoms with Crippen LogP contribution in [-0.2, 0) is 0 Å². The van der Waals surface area contributed by atoms with Gasteiger partial charge in [0.15, 0.2) is 0 Å². The Morgan fingerprint density at radius 3 is 2.45 bits per heavy atom. The maximum absolute atomic E-state index is 3.55. The predicted molar refractivity (Wildman–Crippen MR) is 48.7 cm³/mol. The highest BCUT2D eigenvalue weighted by Gasteiger charge is 2.20. The van der Waals surface area contributed by atoms with Gasteiger partial charge < -0.3 is 10.6 Å². The number of hydrogen-bond donors (Lipinski definition) is 2. The lowest BCUT2D eigenvalue weighted by Crippen LogP contribution is -2.56. The van der Waals surface area contributed by atoms with E-state index in [0.29, 0.717) is 5.41 Å². The van der Waals surface area contributed by atoms with Crippen LogP contribution in [0.3, 0.4) is 0 Å². The number of nitrogens with one attached hydrogen (secondary N) is 2. The van der Waals surface area contributed by atoms with Gasteiger partial charge in [0.05, 0.1) is 0 Å². The summed E-state index contributed by atoms with van der Waals surface area (Å²) in [4.78, 5) is 0. The normalized spacial score (nSPS) is 19.9. The van der Waals surface area contributed by atoms with Crippen molar-refractivity contribution in [1.29, 1.82) is 0 Å². The third-order valence-electron chi connectivity index (χ3n) is 2.61. The zero-order valence-corrected chi connectivity index (χ0v) is 7.91. The zero-order valence-electron chi connectivity index (χ0n) is 7.91. The van der Waals surface area contributed by atoms with Crippen molar-refractivity contribution in [3.8, 4) is 0 Å². The molecular weight excluding hydrogens is 136 g/mol. The van der Waals surface area contributed by atoms with Gasteiger partial charge in [-0.05, 0) is 11.8 Å². The van der Waals surface area contributed by atoms with Gasteiger partial charge in [0.25, 0.3) is 0 Å². The Kier molecular flexibility index (Phi) is 2.90. The minimum absolute atomic E-state index is 0.468. The van der Waals surface area contributed by atoms with E-state index in [1.54, 1.807) is 0 Å². The zero-order chi connectivity index (χ0) is 8.32. The van der Waals surface area contributed by atoms with Crippen LogP contribution in [0.2, 0.25) is 0 Å². The minimum atomic E-state index is 0.468. The Balaban J connectivity index is 2.09. The molecule has 0 saturated carbocycles. The fraction of sp³-hybridized carbons (Fsp3) is 1.00. The lowest BCUT2D eigenvalue weighted by Gasteiger charge is -2.32. The van der Waals surface area contributed by atoms with Crippen LogP contribution in [0.15, 0.2) is 0 Å². The van der Waals surface area contributed by atoms with Crippen molar-refractivity contribution in [1.82, 2.24) is 10.6 Å². The molecule has 1 saturated heterocycles. The summed E-state index contributed by atoms with van der Waals surface area (Å²) in [6, 6.07) is 0.737. The molecule has 0 unspecified atom stereocenters. The van der Waals surface area contributed by atoms with Crippen LogP contribution in [-0.4, -0.2) is 25.7 Å². The summed E-state index contributed by atoms with van der Waals surface area (Å²) in [5, 5.41) is 6.80. The monoisotopic (exact) mass is 156 g/mol. The van der Waals surface area contributed by atoms with Crippen LogP contribution in [0.25, 0.3) is 0 Å². The summed E-state index contributed by atoms with van der Waals surface area (Å²) in [5.41, 5.74) is 0.468. The van der Waals surface area contributed by atoms with E-state index in [9.17, 15) is 0 Å². The van der Waals surface area contributed by atoms with Crippen LogP contribution >= 0.6 is 0 Å². The van der Waals surface area contributed by atoms with E-state index in [1.807, 2.05) is 0 Å². The van der Waals surface area contributed by atoms with Gasteiger partial charge in [-0.3, -0.25) is 0 Å². The molecule has 0 spiro atoms. The smallest absolute Gasteiger partial charge is 0.0317 e. The maximum atomic E-state index is 3.55. The first-order chi connectivity index (χ1) is 5.14. The highest BCUT2D eigenvalue weighted by atomic mass is 15.1. The quantitative estimate of drug-likeness (QED) is 0.634. The van der Waals surface area contributed by atoms with E-state index < -0.39 is 0 Å². The fourth-order valence-corrected chi connectivity index (χ4v) is 0.979. The van der Waals surface area contributed by atoms with Crippen molar-refractivity contribution in [2.45, 2.75) is 33.2 Å². The summed E-state index contributed by atoms with van der Waals surface area (Å²) in [6.07, 6.45) is 1.25. The number of rotatable bonds is 4. The van der Waals surface area contributed by atoms with E-state index in [0.717, 1.165) is 25.7 Å². The second kappa shape index (κ2) is 3.55. The van der Waals surface area contributed by atoms with E-state index in [-0.39, 0.29) is 0 Å². The van der Waals surface area contributed by atoms with Crippen LogP contribution in [0.4, 0.5) is 0 Å². The molecule has 0 aliphatic carbocycles. The van der Waals surface area contributed by atoms with Gasteiger partial charge in [-0.1, -0.05) is 20.8 Å². The average Bonchev–Trinajstić information content (AvgIpc) is 1.84. The standard InChI is InChI=1S/C9H20N2/c1-4-9(2,3)7-11-8-5-10-6-8/h8,10-11H,4-7H2,1-3H3. The molecule has 1 heterocycles. The Labute approximate surface area is 69.8 Å². The highest BCUT2D eigenvalue weighted by molar-refractivity contribution is 4.83. The van der Waals surface area contributed by atoms with Gasteiger partial charge in [-0.15, -0.1) is 0 Å². The van der Waals surface area contributed by atoms with Crippen LogP contribution in [0, 0.1) is 5.41 Å². The Morgan fingerprint density at radius 1 is 1.45 bits per heavy atom. The van der Waals surface area contributed by atoms with E-state index in [1.165, 1.54) is 6.42 Å². The Bertz CT molecular complexity index is 117. The first-order valence-electron chi connectivity index (χ1n) is 4.58. The Hall–Kier alpha value is -0.0800. The van der Waals surface area contributed by atoms with Crippen molar-refractivity contribution < 1.29 is 0 Å². The van der Waals surface area contributed by atoms with Crippen molar-refractivity contribution in [3.05, 3.63) is 0 Å². The first kappa shape index (κ1) is 9.01. The molecule has 0 amide bonds. The predicted octanol–water partition coefficient (Wildman–Crippen LogP) is 0.984. The van der Waals surface area contributed by atoms with Crippen molar-refractivity contribution in [3.63, 3.8) is 0 Å². The Morgan fingerprint density at radius 2 is 2.09 bits per heavy atom. The molecule has 11 heavy (non-hydrogen) atoms. The van der Waals surface area contributed by atoms with E-state index in [2.05, 4.69) is 31.4 Å².